The van der Waals surface area contributed by atoms with Crippen molar-refractivity contribution in [3.05, 3.63) is 35.9 Å². The van der Waals surface area contributed by atoms with Crippen molar-refractivity contribution in [1.82, 2.24) is 4.90 Å². The summed E-state index contributed by atoms with van der Waals surface area (Å²) >= 11 is 0. The highest BCUT2D eigenvalue weighted by Gasteiger charge is 2.21. The van der Waals surface area contributed by atoms with Gasteiger partial charge >= 0.3 is 0 Å². The van der Waals surface area contributed by atoms with Crippen LogP contribution < -0.4 is 5.73 Å². The molecule has 120 valence electrons. The molecule has 3 nitrogen and oxygen atoms in total. The van der Waals surface area contributed by atoms with E-state index < -0.39 is 0 Å². The Bertz CT molecular complexity index is 395. The van der Waals surface area contributed by atoms with E-state index in [9.17, 15) is 4.79 Å². The SMILES string of the molecule is CCC(Cc1ccccc1)N(CC)C(=O)CCC(C)N.Cl. The molecule has 0 saturated carbocycles. The summed E-state index contributed by atoms with van der Waals surface area (Å²) in [6.45, 7) is 6.92. The number of benzene rings is 1. The molecule has 0 saturated heterocycles. The lowest BCUT2D eigenvalue weighted by molar-refractivity contribution is -0.133. The largest absolute Gasteiger partial charge is 0.340 e. The summed E-state index contributed by atoms with van der Waals surface area (Å²) in [6, 6.07) is 10.8. The number of hydrogen-bond acceptors (Lipinski definition) is 2. The molecule has 0 aliphatic carbocycles. The van der Waals surface area contributed by atoms with Crippen LogP contribution in [0.1, 0.15) is 45.6 Å². The van der Waals surface area contributed by atoms with Crippen LogP contribution in [0.3, 0.4) is 0 Å². The van der Waals surface area contributed by atoms with E-state index in [0.717, 1.165) is 25.8 Å². The number of likely N-dealkylation sites (N-methyl/N-ethyl adjacent to an activating group) is 1. The molecule has 1 aromatic rings. The van der Waals surface area contributed by atoms with Crippen molar-refractivity contribution >= 4 is 18.3 Å². The maximum atomic E-state index is 12.3. The van der Waals surface area contributed by atoms with E-state index in [1.807, 2.05) is 17.9 Å². The molecule has 4 heteroatoms. The minimum atomic E-state index is 0. The number of nitrogens with zero attached hydrogens (tertiary/aromatic N) is 1. The standard InChI is InChI=1S/C17H28N2O.ClH/c1-4-16(13-15-9-7-6-8-10-15)19(5-2)17(20)12-11-14(3)18;/h6-10,14,16H,4-5,11-13,18H2,1-3H3;1H. The first-order valence-corrected chi connectivity index (χ1v) is 7.67. The molecule has 0 heterocycles. The smallest absolute Gasteiger partial charge is 0.222 e. The second kappa shape index (κ2) is 10.6. The Morgan fingerprint density at radius 2 is 1.86 bits per heavy atom. The molecule has 1 aromatic carbocycles. The van der Waals surface area contributed by atoms with Crippen LogP contribution in [-0.4, -0.2) is 29.4 Å². The molecule has 0 aliphatic rings. The lowest BCUT2D eigenvalue weighted by atomic mass is 10.0. The van der Waals surface area contributed by atoms with Gasteiger partial charge in [0.2, 0.25) is 5.91 Å². The summed E-state index contributed by atoms with van der Waals surface area (Å²) < 4.78 is 0. The Balaban J connectivity index is 0.00000400. The zero-order chi connectivity index (χ0) is 15.0. The van der Waals surface area contributed by atoms with Crippen LogP contribution in [0.4, 0.5) is 0 Å². The molecular formula is C17H29ClN2O. The number of carbonyl (C=O) groups is 1. The third-order valence-corrected chi connectivity index (χ3v) is 3.70. The van der Waals surface area contributed by atoms with Crippen molar-refractivity contribution in [3.63, 3.8) is 0 Å². The Morgan fingerprint density at radius 1 is 1.24 bits per heavy atom. The summed E-state index contributed by atoms with van der Waals surface area (Å²) in [5.74, 6) is 0.229. The summed E-state index contributed by atoms with van der Waals surface area (Å²) in [6.07, 6.45) is 3.22. The highest BCUT2D eigenvalue weighted by Crippen LogP contribution is 2.14. The maximum absolute atomic E-state index is 12.3. The Morgan fingerprint density at radius 3 is 2.33 bits per heavy atom. The van der Waals surface area contributed by atoms with Crippen molar-refractivity contribution in [2.24, 2.45) is 5.73 Å². The highest BCUT2D eigenvalue weighted by atomic mass is 35.5. The number of amides is 1. The van der Waals surface area contributed by atoms with Crippen molar-refractivity contribution < 1.29 is 4.79 Å². The maximum Gasteiger partial charge on any atom is 0.222 e. The zero-order valence-corrected chi connectivity index (χ0v) is 14.2. The van der Waals surface area contributed by atoms with Crippen LogP contribution >= 0.6 is 12.4 Å². The Hall–Kier alpha value is -1.06. The van der Waals surface area contributed by atoms with Gasteiger partial charge in [-0.2, -0.15) is 0 Å². The molecule has 0 aromatic heterocycles. The molecule has 2 N–H and O–H groups in total. The fraction of sp³-hybridized carbons (Fsp3) is 0.588. The normalized spacial score (nSPS) is 13.1. The minimum Gasteiger partial charge on any atom is -0.340 e. The van der Waals surface area contributed by atoms with Gasteiger partial charge in [0.1, 0.15) is 0 Å². The molecule has 2 unspecified atom stereocenters. The number of rotatable bonds is 8. The topological polar surface area (TPSA) is 46.3 Å². The van der Waals surface area contributed by atoms with Crippen molar-refractivity contribution in [2.75, 3.05) is 6.54 Å². The molecule has 21 heavy (non-hydrogen) atoms. The van der Waals surface area contributed by atoms with Crippen molar-refractivity contribution in [2.45, 2.75) is 58.5 Å². The van der Waals surface area contributed by atoms with Crippen LogP contribution in [0.15, 0.2) is 30.3 Å². The van der Waals surface area contributed by atoms with Gasteiger partial charge in [0.25, 0.3) is 0 Å². The minimum absolute atomic E-state index is 0. The van der Waals surface area contributed by atoms with Crippen LogP contribution in [0, 0.1) is 0 Å². The third-order valence-electron chi connectivity index (χ3n) is 3.70. The molecule has 2 atom stereocenters. The molecule has 1 amide bonds. The monoisotopic (exact) mass is 312 g/mol. The summed E-state index contributed by atoms with van der Waals surface area (Å²) in [7, 11) is 0. The summed E-state index contributed by atoms with van der Waals surface area (Å²) in [5, 5.41) is 0. The second-order valence-corrected chi connectivity index (χ2v) is 5.45. The first-order chi connectivity index (χ1) is 9.58. The van der Waals surface area contributed by atoms with Gasteiger partial charge in [-0.3, -0.25) is 4.79 Å². The van der Waals surface area contributed by atoms with Gasteiger partial charge in [-0.15, -0.1) is 12.4 Å². The van der Waals surface area contributed by atoms with E-state index >= 15 is 0 Å². The molecule has 0 spiro atoms. The van der Waals surface area contributed by atoms with Crippen molar-refractivity contribution in [1.29, 1.82) is 0 Å². The molecule has 0 aliphatic heterocycles. The van der Waals surface area contributed by atoms with Crippen LogP contribution in [0.25, 0.3) is 0 Å². The number of halogens is 1. The molecule has 0 fully saturated rings. The summed E-state index contributed by atoms with van der Waals surface area (Å²) in [5.41, 5.74) is 7.03. The predicted molar refractivity (Wildman–Crippen MR) is 91.7 cm³/mol. The molecule has 0 radical (unpaired) electrons. The lowest BCUT2D eigenvalue weighted by Gasteiger charge is -2.30. The first kappa shape index (κ1) is 19.9. The number of nitrogens with two attached hydrogens (primary N) is 1. The number of hydrogen-bond donors (Lipinski definition) is 1. The quantitative estimate of drug-likeness (QED) is 0.799. The van der Waals surface area contributed by atoms with E-state index in [1.165, 1.54) is 5.56 Å². The fourth-order valence-electron chi connectivity index (χ4n) is 2.49. The van der Waals surface area contributed by atoms with Crippen LogP contribution in [-0.2, 0) is 11.2 Å². The lowest BCUT2D eigenvalue weighted by Crippen LogP contribution is -2.41. The average molecular weight is 313 g/mol. The summed E-state index contributed by atoms with van der Waals surface area (Å²) in [4.78, 5) is 14.3. The van der Waals surface area contributed by atoms with Gasteiger partial charge in [-0.1, -0.05) is 37.3 Å². The van der Waals surface area contributed by atoms with Gasteiger partial charge in [-0.25, -0.2) is 0 Å². The van der Waals surface area contributed by atoms with Gasteiger partial charge in [0.15, 0.2) is 0 Å². The average Bonchev–Trinajstić information content (AvgIpc) is 2.45. The van der Waals surface area contributed by atoms with Crippen molar-refractivity contribution in [3.8, 4) is 0 Å². The van der Waals surface area contributed by atoms with E-state index in [1.54, 1.807) is 0 Å². The highest BCUT2D eigenvalue weighted by molar-refractivity contribution is 5.85. The molecule has 0 bridgehead atoms. The second-order valence-electron chi connectivity index (χ2n) is 5.45. The van der Waals surface area contributed by atoms with E-state index in [0.29, 0.717) is 6.42 Å². The Labute approximate surface area is 135 Å². The zero-order valence-electron chi connectivity index (χ0n) is 13.4. The van der Waals surface area contributed by atoms with Gasteiger partial charge < -0.3 is 10.6 Å². The first-order valence-electron chi connectivity index (χ1n) is 7.67. The molecule has 1 rings (SSSR count). The fourth-order valence-corrected chi connectivity index (χ4v) is 2.49. The van der Waals surface area contributed by atoms with Gasteiger partial charge in [0.05, 0.1) is 0 Å². The third kappa shape index (κ3) is 6.96. The van der Waals surface area contributed by atoms with Gasteiger partial charge in [-0.05, 0) is 38.7 Å². The van der Waals surface area contributed by atoms with Crippen LogP contribution in [0.2, 0.25) is 0 Å². The Kier molecular flexibility index (Phi) is 10.1. The van der Waals surface area contributed by atoms with E-state index in [-0.39, 0.29) is 30.4 Å². The van der Waals surface area contributed by atoms with Gasteiger partial charge in [0, 0.05) is 25.0 Å². The van der Waals surface area contributed by atoms with Crippen LogP contribution in [0.5, 0.6) is 0 Å². The predicted octanol–water partition coefficient (Wildman–Crippen LogP) is 3.41. The molecular weight excluding hydrogens is 284 g/mol. The van der Waals surface area contributed by atoms with E-state index in [4.69, 9.17) is 5.73 Å². The van der Waals surface area contributed by atoms with E-state index in [2.05, 4.69) is 38.1 Å². The number of carbonyl (C=O) groups excluding carboxylic acids is 1.